The third-order valence-electron chi connectivity index (χ3n) is 2.81. The van der Waals surface area contributed by atoms with Gasteiger partial charge in [0.05, 0.1) is 0 Å². The van der Waals surface area contributed by atoms with Gasteiger partial charge in [-0.05, 0) is 43.0 Å². The predicted octanol–water partition coefficient (Wildman–Crippen LogP) is 2.96. The Kier molecular flexibility index (Phi) is 3.86. The van der Waals surface area contributed by atoms with Gasteiger partial charge in [0.15, 0.2) is 4.77 Å². The minimum atomic E-state index is 0.582. The van der Waals surface area contributed by atoms with Gasteiger partial charge in [-0.2, -0.15) is 16.9 Å². The molecule has 1 N–H and O–H groups in total. The van der Waals surface area contributed by atoms with Crippen molar-refractivity contribution in [2.75, 3.05) is 11.5 Å². The molecular formula is C10H17N3S2. The summed E-state index contributed by atoms with van der Waals surface area (Å²) in [6, 6.07) is 0.582. The molecule has 0 saturated carbocycles. The molecule has 15 heavy (non-hydrogen) atoms. The van der Waals surface area contributed by atoms with Crippen molar-refractivity contribution >= 4 is 24.0 Å². The van der Waals surface area contributed by atoms with Crippen LogP contribution in [0.1, 0.15) is 38.1 Å². The van der Waals surface area contributed by atoms with Crippen molar-refractivity contribution < 1.29 is 0 Å². The highest BCUT2D eigenvalue weighted by Crippen LogP contribution is 2.28. The van der Waals surface area contributed by atoms with Gasteiger partial charge in [0.25, 0.3) is 0 Å². The predicted molar refractivity (Wildman–Crippen MR) is 67.0 cm³/mol. The lowest BCUT2D eigenvalue weighted by molar-refractivity contribution is 0.447. The molecule has 1 aromatic heterocycles. The minimum Gasteiger partial charge on any atom is -0.301 e. The van der Waals surface area contributed by atoms with Crippen LogP contribution in [0.3, 0.4) is 0 Å². The maximum absolute atomic E-state index is 5.31. The molecule has 2 rings (SSSR count). The number of aryl methyl sites for hydroxylation is 1. The maximum atomic E-state index is 5.31. The molecule has 1 aliphatic rings. The van der Waals surface area contributed by atoms with Crippen LogP contribution in [0.2, 0.25) is 0 Å². The van der Waals surface area contributed by atoms with Crippen LogP contribution in [0.4, 0.5) is 0 Å². The molecule has 1 saturated heterocycles. The second-order valence-corrected chi connectivity index (χ2v) is 5.52. The topological polar surface area (TPSA) is 33.6 Å². The summed E-state index contributed by atoms with van der Waals surface area (Å²) in [7, 11) is 0. The van der Waals surface area contributed by atoms with Gasteiger partial charge in [0.2, 0.25) is 0 Å². The standard InChI is InChI=1S/C10H17N3S2/c1-2-3-9-11-12-10(14)13(9)8-4-6-15-7-5-8/h8H,2-7H2,1H3,(H,12,14). The molecule has 3 nitrogen and oxygen atoms in total. The summed E-state index contributed by atoms with van der Waals surface area (Å²) >= 11 is 7.35. The van der Waals surface area contributed by atoms with Crippen LogP contribution in [0.5, 0.6) is 0 Å². The number of aromatic nitrogens is 3. The summed E-state index contributed by atoms with van der Waals surface area (Å²) in [5.41, 5.74) is 0. The molecule has 0 amide bonds. The number of H-pyrrole nitrogens is 1. The van der Waals surface area contributed by atoms with Crippen molar-refractivity contribution in [2.24, 2.45) is 0 Å². The van der Waals surface area contributed by atoms with Crippen LogP contribution >= 0.6 is 24.0 Å². The lowest BCUT2D eigenvalue weighted by atomic mass is 10.1. The number of aromatic amines is 1. The molecular weight excluding hydrogens is 226 g/mol. The monoisotopic (exact) mass is 243 g/mol. The summed E-state index contributed by atoms with van der Waals surface area (Å²) in [6.07, 6.45) is 4.61. The van der Waals surface area contributed by atoms with Crippen molar-refractivity contribution in [1.82, 2.24) is 14.8 Å². The Balaban J connectivity index is 2.24. The van der Waals surface area contributed by atoms with Crippen molar-refractivity contribution in [1.29, 1.82) is 0 Å². The average molecular weight is 243 g/mol. The minimum absolute atomic E-state index is 0.582. The molecule has 1 fully saturated rings. The highest BCUT2D eigenvalue weighted by molar-refractivity contribution is 7.99. The van der Waals surface area contributed by atoms with Gasteiger partial charge in [-0.15, -0.1) is 0 Å². The van der Waals surface area contributed by atoms with Crippen molar-refractivity contribution in [3.63, 3.8) is 0 Å². The zero-order valence-electron chi connectivity index (χ0n) is 9.03. The van der Waals surface area contributed by atoms with E-state index in [2.05, 4.69) is 21.7 Å². The van der Waals surface area contributed by atoms with E-state index >= 15 is 0 Å². The first-order valence-corrected chi connectivity index (χ1v) is 7.12. The SMILES string of the molecule is CCCc1n[nH]c(=S)n1C1CCSCC1. The van der Waals surface area contributed by atoms with Gasteiger partial charge in [0.1, 0.15) is 5.82 Å². The first-order chi connectivity index (χ1) is 7.33. The molecule has 1 aromatic rings. The zero-order valence-corrected chi connectivity index (χ0v) is 10.7. The van der Waals surface area contributed by atoms with E-state index in [4.69, 9.17) is 12.2 Å². The number of nitrogens with zero attached hydrogens (tertiary/aromatic N) is 2. The molecule has 0 aromatic carbocycles. The molecule has 1 aliphatic heterocycles. The van der Waals surface area contributed by atoms with E-state index in [1.807, 2.05) is 11.8 Å². The van der Waals surface area contributed by atoms with E-state index in [0.29, 0.717) is 6.04 Å². The van der Waals surface area contributed by atoms with E-state index in [1.165, 1.54) is 24.3 Å². The highest BCUT2D eigenvalue weighted by atomic mass is 32.2. The van der Waals surface area contributed by atoms with Crippen LogP contribution in [0.25, 0.3) is 0 Å². The van der Waals surface area contributed by atoms with Crippen LogP contribution in [0, 0.1) is 4.77 Å². The Morgan fingerprint density at radius 3 is 2.93 bits per heavy atom. The van der Waals surface area contributed by atoms with Crippen LogP contribution < -0.4 is 0 Å². The van der Waals surface area contributed by atoms with E-state index in [-0.39, 0.29) is 0 Å². The first kappa shape index (κ1) is 11.2. The fourth-order valence-electron chi connectivity index (χ4n) is 2.06. The normalized spacial score (nSPS) is 18.2. The van der Waals surface area contributed by atoms with Gasteiger partial charge in [-0.1, -0.05) is 6.92 Å². The Labute approximate surface area is 99.7 Å². The smallest absolute Gasteiger partial charge is 0.195 e. The average Bonchev–Trinajstić information content (AvgIpc) is 2.62. The third kappa shape index (κ3) is 2.45. The highest BCUT2D eigenvalue weighted by Gasteiger charge is 2.19. The number of thioether (sulfide) groups is 1. The van der Waals surface area contributed by atoms with Crippen molar-refractivity contribution in [2.45, 2.75) is 38.6 Å². The molecule has 0 aliphatic carbocycles. The number of nitrogens with one attached hydrogen (secondary N) is 1. The third-order valence-corrected chi connectivity index (χ3v) is 4.14. The molecule has 0 bridgehead atoms. The van der Waals surface area contributed by atoms with Gasteiger partial charge >= 0.3 is 0 Å². The number of hydrogen-bond donors (Lipinski definition) is 1. The molecule has 5 heteroatoms. The van der Waals surface area contributed by atoms with Crippen LogP contribution in [-0.2, 0) is 6.42 Å². The Morgan fingerprint density at radius 2 is 2.27 bits per heavy atom. The Hall–Kier alpha value is -0.290. The Bertz CT molecular complexity index is 363. The fraction of sp³-hybridized carbons (Fsp3) is 0.800. The molecule has 0 spiro atoms. The molecule has 0 radical (unpaired) electrons. The molecule has 2 heterocycles. The summed E-state index contributed by atoms with van der Waals surface area (Å²) in [5.74, 6) is 3.64. The zero-order chi connectivity index (χ0) is 10.7. The van der Waals surface area contributed by atoms with Crippen molar-refractivity contribution in [3.05, 3.63) is 10.6 Å². The summed E-state index contributed by atoms with van der Waals surface area (Å²) in [5, 5.41) is 7.25. The second-order valence-electron chi connectivity index (χ2n) is 3.91. The lowest BCUT2D eigenvalue weighted by Gasteiger charge is -2.23. The molecule has 0 unspecified atom stereocenters. The quantitative estimate of drug-likeness (QED) is 0.829. The lowest BCUT2D eigenvalue weighted by Crippen LogP contribution is -2.17. The summed E-state index contributed by atoms with van der Waals surface area (Å²) < 4.78 is 3.05. The number of hydrogen-bond acceptors (Lipinski definition) is 3. The number of rotatable bonds is 3. The fourth-order valence-corrected chi connectivity index (χ4v) is 3.44. The van der Waals surface area contributed by atoms with Crippen molar-refractivity contribution in [3.8, 4) is 0 Å². The maximum Gasteiger partial charge on any atom is 0.195 e. The van der Waals surface area contributed by atoms with E-state index in [0.717, 1.165) is 23.4 Å². The summed E-state index contributed by atoms with van der Waals surface area (Å²) in [6.45, 7) is 2.18. The van der Waals surface area contributed by atoms with Gasteiger partial charge < -0.3 is 4.57 Å². The van der Waals surface area contributed by atoms with E-state index < -0.39 is 0 Å². The summed E-state index contributed by atoms with van der Waals surface area (Å²) in [4.78, 5) is 0. The second kappa shape index (κ2) is 5.16. The Morgan fingerprint density at radius 1 is 1.53 bits per heavy atom. The van der Waals surface area contributed by atoms with Gasteiger partial charge in [-0.25, -0.2) is 0 Å². The van der Waals surface area contributed by atoms with E-state index in [9.17, 15) is 0 Å². The largest absolute Gasteiger partial charge is 0.301 e. The van der Waals surface area contributed by atoms with Crippen LogP contribution in [0.15, 0.2) is 0 Å². The van der Waals surface area contributed by atoms with Gasteiger partial charge in [0, 0.05) is 12.5 Å². The first-order valence-electron chi connectivity index (χ1n) is 5.56. The van der Waals surface area contributed by atoms with Crippen LogP contribution in [-0.4, -0.2) is 26.3 Å². The molecule has 0 atom stereocenters. The van der Waals surface area contributed by atoms with Gasteiger partial charge in [-0.3, -0.25) is 5.10 Å². The molecule has 84 valence electrons. The van der Waals surface area contributed by atoms with E-state index in [1.54, 1.807) is 0 Å².